The zero-order chi connectivity index (χ0) is 26.2. The van der Waals surface area contributed by atoms with E-state index in [1.165, 1.54) is 0 Å². The summed E-state index contributed by atoms with van der Waals surface area (Å²) in [5, 5.41) is 21.3. The molecule has 0 bridgehead atoms. The van der Waals surface area contributed by atoms with Crippen LogP contribution >= 0.6 is 0 Å². The van der Waals surface area contributed by atoms with Crippen molar-refractivity contribution in [2.45, 2.75) is 45.3 Å². The summed E-state index contributed by atoms with van der Waals surface area (Å²) in [5.74, 6) is 0.882. The Labute approximate surface area is 215 Å². The number of pyridine rings is 2. The lowest BCUT2D eigenvalue weighted by molar-refractivity contribution is 0.0497. The molecule has 1 fully saturated rings. The molecule has 4 aromatic heterocycles. The highest BCUT2D eigenvalue weighted by Crippen LogP contribution is 2.32. The highest BCUT2D eigenvalue weighted by atomic mass is 16.6. The highest BCUT2D eigenvalue weighted by Gasteiger charge is 2.24. The molecule has 1 aliphatic heterocycles. The van der Waals surface area contributed by atoms with E-state index in [4.69, 9.17) is 9.72 Å². The molecule has 0 atom stereocenters. The molecule has 0 saturated carbocycles. The number of carbonyl (C=O) groups excluding carboxylic acids is 1. The van der Waals surface area contributed by atoms with Gasteiger partial charge >= 0.3 is 6.09 Å². The fourth-order valence-corrected chi connectivity index (χ4v) is 4.61. The van der Waals surface area contributed by atoms with Crippen LogP contribution in [0.5, 0.6) is 0 Å². The first-order valence-corrected chi connectivity index (χ1v) is 12.3. The molecule has 0 spiro atoms. The highest BCUT2D eigenvalue weighted by molar-refractivity contribution is 5.87. The van der Waals surface area contributed by atoms with E-state index in [1.807, 2.05) is 64.7 Å². The van der Waals surface area contributed by atoms with Gasteiger partial charge in [0.25, 0.3) is 0 Å². The summed E-state index contributed by atoms with van der Waals surface area (Å²) in [6.45, 7) is 7.15. The zero-order valence-corrected chi connectivity index (χ0v) is 21.5. The summed E-state index contributed by atoms with van der Waals surface area (Å²) in [6, 6.07) is 8.43. The monoisotopic (exact) mass is 498 g/mol. The predicted octanol–water partition coefficient (Wildman–Crippen LogP) is 4.16. The van der Waals surface area contributed by atoms with E-state index in [1.54, 1.807) is 15.4 Å². The van der Waals surface area contributed by atoms with E-state index in [2.05, 4.69) is 32.5 Å². The number of aryl methyl sites for hydroxylation is 1. The largest absolute Gasteiger partial charge is 0.444 e. The van der Waals surface area contributed by atoms with Crippen LogP contribution in [0.15, 0.2) is 49.2 Å². The number of hydrogen-bond acceptors (Lipinski definition) is 7. The Balaban J connectivity index is 1.35. The summed E-state index contributed by atoms with van der Waals surface area (Å²) in [4.78, 5) is 19.1. The van der Waals surface area contributed by atoms with E-state index in [9.17, 15) is 10.1 Å². The Bertz CT molecular complexity index is 1470. The Hall–Kier alpha value is -4.39. The summed E-state index contributed by atoms with van der Waals surface area (Å²) in [5.41, 5.74) is 4.45. The molecule has 1 aliphatic rings. The molecule has 190 valence electrons. The van der Waals surface area contributed by atoms with Crippen LogP contribution in [0.2, 0.25) is 0 Å². The summed E-state index contributed by atoms with van der Waals surface area (Å²) in [7, 11) is 1.88. The first-order chi connectivity index (χ1) is 17.7. The van der Waals surface area contributed by atoms with Gasteiger partial charge in [-0.25, -0.2) is 14.3 Å². The maximum Gasteiger partial charge on any atom is 0.407 e. The van der Waals surface area contributed by atoms with Crippen molar-refractivity contribution in [2.24, 2.45) is 7.05 Å². The molecule has 1 saturated heterocycles. The molecule has 0 aliphatic carbocycles. The number of anilines is 1. The van der Waals surface area contributed by atoms with Gasteiger partial charge in [0.05, 0.1) is 23.5 Å². The van der Waals surface area contributed by atoms with Gasteiger partial charge in [-0.05, 0) is 51.8 Å². The van der Waals surface area contributed by atoms with E-state index < -0.39 is 5.60 Å². The van der Waals surface area contributed by atoms with Gasteiger partial charge in [-0.15, -0.1) is 0 Å². The number of nitrogens with zero attached hydrogens (tertiary/aromatic N) is 7. The van der Waals surface area contributed by atoms with Crippen molar-refractivity contribution in [3.8, 4) is 28.3 Å². The quantitative estimate of drug-likeness (QED) is 0.449. The van der Waals surface area contributed by atoms with Crippen LogP contribution in [0.1, 0.15) is 39.2 Å². The van der Waals surface area contributed by atoms with Crippen LogP contribution in [0.3, 0.4) is 0 Å². The number of nitrogens with one attached hydrogen (secondary N) is 1. The smallest absolute Gasteiger partial charge is 0.407 e. The third-order valence-electron chi connectivity index (χ3n) is 6.37. The minimum Gasteiger partial charge on any atom is -0.444 e. The standard InChI is InChI=1S/C27H30N8O2/c1-27(2,3)37-26(36)32-22-7-9-34(10-8-22)24-6-5-18(13-29-24)23-11-19(21-15-30-33(4)16-21)17-35-25(23)20(12-28)14-31-35/h5-6,11,13-17,22H,7-10H2,1-4H3,(H,32,36). The normalized spacial score (nSPS) is 14.5. The third kappa shape index (κ3) is 5.26. The molecule has 1 N–H and O–H groups in total. The molecule has 0 unspecified atom stereocenters. The molecular formula is C27H30N8O2. The number of fused-ring (bicyclic) bond motifs is 1. The van der Waals surface area contributed by atoms with Gasteiger partial charge in [-0.2, -0.15) is 15.5 Å². The number of nitriles is 1. The van der Waals surface area contributed by atoms with Crippen molar-refractivity contribution >= 4 is 17.4 Å². The first kappa shape index (κ1) is 24.3. The van der Waals surface area contributed by atoms with Crippen LogP contribution in [0, 0.1) is 11.3 Å². The SMILES string of the molecule is Cn1cc(-c2cc(-c3ccc(N4CCC(NC(=O)OC(C)(C)C)CC4)nc3)c3c(C#N)cnn3c2)cn1. The summed E-state index contributed by atoms with van der Waals surface area (Å²) < 4.78 is 8.88. The number of ether oxygens (including phenoxy) is 1. The maximum absolute atomic E-state index is 12.1. The Kier molecular flexibility index (Phi) is 6.29. The molecule has 4 aromatic rings. The lowest BCUT2D eigenvalue weighted by atomic mass is 10.0. The van der Waals surface area contributed by atoms with Gasteiger partial charge in [-0.3, -0.25) is 4.68 Å². The maximum atomic E-state index is 12.1. The fourth-order valence-electron chi connectivity index (χ4n) is 4.61. The Morgan fingerprint density at radius 1 is 1.08 bits per heavy atom. The van der Waals surface area contributed by atoms with Crippen LogP contribution in [0.4, 0.5) is 10.6 Å². The van der Waals surface area contributed by atoms with Gasteiger partial charge in [0.2, 0.25) is 0 Å². The van der Waals surface area contributed by atoms with E-state index >= 15 is 0 Å². The summed E-state index contributed by atoms with van der Waals surface area (Å²) >= 11 is 0. The van der Waals surface area contributed by atoms with Crippen molar-refractivity contribution < 1.29 is 9.53 Å². The van der Waals surface area contributed by atoms with Crippen LogP contribution in [0.25, 0.3) is 27.8 Å². The molecule has 5 rings (SSSR count). The molecule has 0 radical (unpaired) electrons. The van der Waals surface area contributed by atoms with E-state index in [-0.39, 0.29) is 12.1 Å². The number of aromatic nitrogens is 5. The van der Waals surface area contributed by atoms with E-state index in [0.29, 0.717) is 5.56 Å². The second kappa shape index (κ2) is 9.58. The second-order valence-electron chi connectivity index (χ2n) is 10.3. The molecule has 0 aromatic carbocycles. The molecule has 1 amide bonds. The second-order valence-corrected chi connectivity index (χ2v) is 10.3. The van der Waals surface area contributed by atoms with Gasteiger partial charge in [-0.1, -0.05) is 0 Å². The van der Waals surface area contributed by atoms with Crippen molar-refractivity contribution in [1.82, 2.24) is 29.7 Å². The van der Waals surface area contributed by atoms with Crippen LogP contribution in [-0.4, -0.2) is 55.2 Å². The fraction of sp³-hybridized carbons (Fsp3) is 0.370. The van der Waals surface area contributed by atoms with Crippen molar-refractivity contribution in [3.63, 3.8) is 0 Å². The van der Waals surface area contributed by atoms with Crippen LogP contribution < -0.4 is 10.2 Å². The van der Waals surface area contributed by atoms with Crippen molar-refractivity contribution in [1.29, 1.82) is 5.26 Å². The van der Waals surface area contributed by atoms with Crippen molar-refractivity contribution in [2.75, 3.05) is 18.0 Å². The third-order valence-corrected chi connectivity index (χ3v) is 6.37. The molecule has 10 heteroatoms. The van der Waals surface area contributed by atoms with E-state index in [0.717, 1.165) is 59.5 Å². The average Bonchev–Trinajstić information content (AvgIpc) is 3.49. The topological polar surface area (TPSA) is 113 Å². The average molecular weight is 499 g/mol. The number of hydrogen-bond donors (Lipinski definition) is 1. The lowest BCUT2D eigenvalue weighted by Crippen LogP contribution is -2.46. The number of piperidine rings is 1. The van der Waals surface area contributed by atoms with Crippen molar-refractivity contribution in [3.05, 3.63) is 54.7 Å². The van der Waals surface area contributed by atoms with Gasteiger partial charge in [0, 0.05) is 67.0 Å². The molecule has 37 heavy (non-hydrogen) atoms. The number of carbonyl (C=O) groups is 1. The van der Waals surface area contributed by atoms with Gasteiger partial charge in [0.15, 0.2) is 0 Å². The van der Waals surface area contributed by atoms with Crippen LogP contribution in [-0.2, 0) is 11.8 Å². The minimum absolute atomic E-state index is 0.0835. The molecule has 10 nitrogen and oxygen atoms in total. The Morgan fingerprint density at radius 3 is 2.49 bits per heavy atom. The Morgan fingerprint density at radius 2 is 1.86 bits per heavy atom. The van der Waals surface area contributed by atoms with Gasteiger partial charge < -0.3 is 15.0 Å². The molecular weight excluding hydrogens is 468 g/mol. The summed E-state index contributed by atoms with van der Waals surface area (Å²) in [6.07, 6.45) is 10.4. The number of rotatable bonds is 4. The zero-order valence-electron chi connectivity index (χ0n) is 21.5. The molecule has 5 heterocycles. The predicted molar refractivity (Wildman–Crippen MR) is 140 cm³/mol. The first-order valence-electron chi connectivity index (χ1n) is 12.3. The lowest BCUT2D eigenvalue weighted by Gasteiger charge is -2.33. The van der Waals surface area contributed by atoms with Gasteiger partial charge in [0.1, 0.15) is 17.5 Å². The minimum atomic E-state index is -0.509. The number of alkyl carbamates (subject to hydrolysis) is 1. The number of amides is 1.